The van der Waals surface area contributed by atoms with E-state index in [1.165, 1.54) is 6.33 Å². The molecule has 0 radical (unpaired) electrons. The maximum absolute atomic E-state index is 11.0. The fraction of sp³-hybridized carbons (Fsp3) is 0.444. The topological polar surface area (TPSA) is 81.5 Å². The zero-order valence-corrected chi connectivity index (χ0v) is 8.56. The molecule has 0 saturated carbocycles. The van der Waals surface area contributed by atoms with Gasteiger partial charge >= 0.3 is 5.97 Å². The molecule has 15 heavy (non-hydrogen) atoms. The lowest BCUT2D eigenvalue weighted by Gasteiger charge is -2.09. The third-order valence-corrected chi connectivity index (χ3v) is 1.55. The number of hydrogen-bond acceptors (Lipinski definition) is 5. The van der Waals surface area contributed by atoms with Crippen LogP contribution in [0.5, 0.6) is 11.8 Å². The fourth-order valence-corrected chi connectivity index (χ4v) is 1.03. The first-order valence-electron chi connectivity index (χ1n) is 4.54. The molecule has 0 atom stereocenters. The third kappa shape index (κ3) is 2.55. The van der Waals surface area contributed by atoms with E-state index in [0.29, 0.717) is 13.2 Å². The Morgan fingerprint density at radius 1 is 1.27 bits per heavy atom. The van der Waals surface area contributed by atoms with E-state index < -0.39 is 5.97 Å². The van der Waals surface area contributed by atoms with E-state index in [9.17, 15) is 4.79 Å². The minimum Gasteiger partial charge on any atom is -0.477 e. The van der Waals surface area contributed by atoms with Crippen LogP contribution < -0.4 is 9.47 Å². The molecule has 0 saturated heterocycles. The average Bonchev–Trinajstić information content (AvgIpc) is 2.18. The molecule has 0 amide bonds. The molecular weight excluding hydrogens is 200 g/mol. The third-order valence-electron chi connectivity index (χ3n) is 1.55. The quantitative estimate of drug-likeness (QED) is 0.783. The van der Waals surface area contributed by atoms with Crippen LogP contribution in [0.1, 0.15) is 24.2 Å². The smallest absolute Gasteiger partial charge is 0.346 e. The molecule has 1 aromatic rings. The second-order valence-electron chi connectivity index (χ2n) is 2.53. The van der Waals surface area contributed by atoms with Gasteiger partial charge in [-0.2, -0.15) is 0 Å². The molecule has 0 fully saturated rings. The lowest BCUT2D eigenvalue weighted by atomic mass is 10.3. The summed E-state index contributed by atoms with van der Waals surface area (Å²) < 4.78 is 10.1. The highest BCUT2D eigenvalue weighted by Crippen LogP contribution is 2.23. The van der Waals surface area contributed by atoms with Gasteiger partial charge in [-0.3, -0.25) is 0 Å². The largest absolute Gasteiger partial charge is 0.477 e. The van der Waals surface area contributed by atoms with Gasteiger partial charge in [-0.1, -0.05) is 0 Å². The number of carbonyl (C=O) groups is 1. The van der Waals surface area contributed by atoms with Gasteiger partial charge < -0.3 is 14.6 Å². The second-order valence-corrected chi connectivity index (χ2v) is 2.53. The molecule has 0 aliphatic carbocycles. The summed E-state index contributed by atoms with van der Waals surface area (Å²) in [5.41, 5.74) is -0.138. The van der Waals surface area contributed by atoms with Gasteiger partial charge in [0, 0.05) is 0 Å². The van der Waals surface area contributed by atoms with Crippen LogP contribution in [-0.2, 0) is 0 Å². The first kappa shape index (κ1) is 11.2. The van der Waals surface area contributed by atoms with Crippen LogP contribution in [0.2, 0.25) is 0 Å². The summed E-state index contributed by atoms with van der Waals surface area (Å²) in [4.78, 5) is 18.4. The van der Waals surface area contributed by atoms with Gasteiger partial charge in [-0.05, 0) is 13.8 Å². The van der Waals surface area contributed by atoms with Crippen LogP contribution >= 0.6 is 0 Å². The Balaban J connectivity index is 3.15. The predicted octanol–water partition coefficient (Wildman–Crippen LogP) is 0.972. The highest BCUT2D eigenvalue weighted by atomic mass is 16.5. The molecule has 0 bridgehead atoms. The fourth-order valence-electron chi connectivity index (χ4n) is 1.03. The Kier molecular flexibility index (Phi) is 3.84. The van der Waals surface area contributed by atoms with Crippen LogP contribution in [-0.4, -0.2) is 34.3 Å². The van der Waals surface area contributed by atoms with Gasteiger partial charge in [0.2, 0.25) is 11.8 Å². The molecule has 6 heteroatoms. The van der Waals surface area contributed by atoms with Gasteiger partial charge in [0.25, 0.3) is 0 Å². The minimum atomic E-state index is -1.16. The zero-order chi connectivity index (χ0) is 11.3. The summed E-state index contributed by atoms with van der Waals surface area (Å²) >= 11 is 0. The van der Waals surface area contributed by atoms with Crippen molar-refractivity contribution in [3.8, 4) is 11.8 Å². The molecule has 6 nitrogen and oxygen atoms in total. The van der Waals surface area contributed by atoms with Gasteiger partial charge in [0.15, 0.2) is 5.56 Å². The van der Waals surface area contributed by atoms with Gasteiger partial charge in [0.1, 0.15) is 6.33 Å². The zero-order valence-electron chi connectivity index (χ0n) is 8.56. The molecule has 0 aromatic carbocycles. The number of ether oxygens (including phenoxy) is 2. The standard InChI is InChI=1S/C9H12N2O4/c1-3-14-7-6(9(12)13)8(15-4-2)11-5-10-7/h5H,3-4H2,1-2H3,(H,12,13). The normalized spacial score (nSPS) is 9.73. The van der Waals surface area contributed by atoms with E-state index in [0.717, 1.165) is 0 Å². The number of nitrogens with zero attached hydrogens (tertiary/aromatic N) is 2. The van der Waals surface area contributed by atoms with Crippen LogP contribution in [0, 0.1) is 0 Å². The van der Waals surface area contributed by atoms with Gasteiger partial charge in [-0.15, -0.1) is 0 Å². The Hall–Kier alpha value is -1.85. The van der Waals surface area contributed by atoms with E-state index in [4.69, 9.17) is 14.6 Å². The van der Waals surface area contributed by atoms with E-state index in [-0.39, 0.29) is 17.3 Å². The Labute approximate surface area is 86.9 Å². The highest BCUT2D eigenvalue weighted by Gasteiger charge is 2.20. The molecule has 1 heterocycles. The Morgan fingerprint density at radius 2 is 1.73 bits per heavy atom. The number of rotatable bonds is 5. The first-order valence-corrected chi connectivity index (χ1v) is 4.54. The number of hydrogen-bond donors (Lipinski definition) is 1. The second kappa shape index (κ2) is 5.14. The predicted molar refractivity (Wildman–Crippen MR) is 51.3 cm³/mol. The van der Waals surface area contributed by atoms with Crippen molar-refractivity contribution < 1.29 is 19.4 Å². The maximum atomic E-state index is 11.0. The van der Waals surface area contributed by atoms with Crippen molar-refractivity contribution in [1.82, 2.24) is 9.97 Å². The summed E-state index contributed by atoms with van der Waals surface area (Å²) in [5.74, 6) is -1.10. The van der Waals surface area contributed by atoms with Crippen molar-refractivity contribution in [1.29, 1.82) is 0 Å². The van der Waals surface area contributed by atoms with E-state index in [1.54, 1.807) is 13.8 Å². The SMILES string of the molecule is CCOc1ncnc(OCC)c1C(=O)O. The van der Waals surface area contributed by atoms with Crippen molar-refractivity contribution in [2.45, 2.75) is 13.8 Å². The lowest BCUT2D eigenvalue weighted by molar-refractivity contribution is 0.0685. The lowest BCUT2D eigenvalue weighted by Crippen LogP contribution is -2.09. The summed E-state index contributed by atoms with van der Waals surface area (Å²) in [6, 6.07) is 0. The molecule has 0 spiro atoms. The summed E-state index contributed by atoms with van der Waals surface area (Å²) in [6.45, 7) is 4.16. The van der Waals surface area contributed by atoms with E-state index >= 15 is 0 Å². The van der Waals surface area contributed by atoms with Crippen molar-refractivity contribution in [3.63, 3.8) is 0 Å². The van der Waals surface area contributed by atoms with Crippen molar-refractivity contribution >= 4 is 5.97 Å². The number of aromatic nitrogens is 2. The van der Waals surface area contributed by atoms with Crippen molar-refractivity contribution in [3.05, 3.63) is 11.9 Å². The van der Waals surface area contributed by atoms with E-state index in [2.05, 4.69) is 9.97 Å². The van der Waals surface area contributed by atoms with Gasteiger partial charge in [-0.25, -0.2) is 14.8 Å². The van der Waals surface area contributed by atoms with E-state index in [1.807, 2.05) is 0 Å². The summed E-state index contributed by atoms with van der Waals surface area (Å²) in [6.07, 6.45) is 1.21. The molecule has 82 valence electrons. The molecule has 0 unspecified atom stereocenters. The average molecular weight is 212 g/mol. The first-order chi connectivity index (χ1) is 7.20. The number of aromatic carboxylic acids is 1. The molecular formula is C9H12N2O4. The van der Waals surface area contributed by atoms with Crippen molar-refractivity contribution in [2.24, 2.45) is 0 Å². The maximum Gasteiger partial charge on any atom is 0.346 e. The molecule has 1 rings (SSSR count). The highest BCUT2D eigenvalue weighted by molar-refractivity contribution is 5.92. The molecule has 0 aliphatic rings. The van der Waals surface area contributed by atoms with Crippen LogP contribution in [0.3, 0.4) is 0 Å². The van der Waals surface area contributed by atoms with Crippen molar-refractivity contribution in [2.75, 3.05) is 13.2 Å². The monoisotopic (exact) mass is 212 g/mol. The van der Waals surface area contributed by atoms with Crippen LogP contribution in [0.25, 0.3) is 0 Å². The molecule has 1 N–H and O–H groups in total. The summed E-state index contributed by atoms with van der Waals surface area (Å²) in [5, 5.41) is 8.96. The van der Waals surface area contributed by atoms with Crippen LogP contribution in [0.4, 0.5) is 0 Å². The molecule has 1 aromatic heterocycles. The van der Waals surface area contributed by atoms with Crippen LogP contribution in [0.15, 0.2) is 6.33 Å². The Bertz CT molecular complexity index is 330. The summed E-state index contributed by atoms with van der Waals surface area (Å²) in [7, 11) is 0. The molecule has 0 aliphatic heterocycles. The minimum absolute atomic E-state index is 0.0310. The van der Waals surface area contributed by atoms with Gasteiger partial charge in [0.05, 0.1) is 13.2 Å². The Morgan fingerprint density at radius 3 is 2.07 bits per heavy atom. The number of carboxylic acid groups (broad SMARTS) is 1. The number of carboxylic acids is 1.